The van der Waals surface area contributed by atoms with Crippen LogP contribution >= 0.6 is 11.3 Å². The first-order valence-electron chi connectivity index (χ1n) is 15.5. The minimum atomic E-state index is 0.334. The number of aryl methyl sites for hydroxylation is 2. The van der Waals surface area contributed by atoms with Gasteiger partial charge in [0.25, 0.3) is 5.82 Å². The molecule has 218 valence electrons. The Kier molecular flexibility index (Phi) is 7.18. The lowest BCUT2D eigenvalue weighted by molar-refractivity contribution is -0.633. The van der Waals surface area contributed by atoms with Crippen LogP contribution in [0.1, 0.15) is 56.2 Å². The summed E-state index contributed by atoms with van der Waals surface area (Å²) in [5, 5.41) is 1.06. The molecule has 0 spiro atoms. The number of benzene rings is 5. The number of nitrogens with zero attached hydrogens (tertiary/aromatic N) is 3. The van der Waals surface area contributed by atoms with Gasteiger partial charge in [-0.25, -0.2) is 9.55 Å². The fourth-order valence-corrected chi connectivity index (χ4v) is 7.53. The molecule has 0 saturated carbocycles. The first-order chi connectivity index (χ1) is 21.3. The Morgan fingerprint density at radius 2 is 1.27 bits per heavy atom. The molecule has 0 aliphatic carbocycles. The number of hydrogen-bond donors (Lipinski definition) is 0. The van der Waals surface area contributed by atoms with Crippen LogP contribution in [-0.4, -0.2) is 9.55 Å². The molecule has 5 aromatic carbocycles. The van der Waals surface area contributed by atoms with Crippen molar-refractivity contribution in [3.8, 4) is 38.8 Å². The monoisotopic (exact) mass is 592 g/mol. The van der Waals surface area contributed by atoms with Crippen molar-refractivity contribution >= 4 is 32.6 Å². The third-order valence-corrected chi connectivity index (χ3v) is 9.82. The number of rotatable bonds is 6. The highest BCUT2D eigenvalue weighted by atomic mass is 32.1. The van der Waals surface area contributed by atoms with Crippen LogP contribution in [0, 0.1) is 6.92 Å². The smallest absolute Gasteiger partial charge is 0.236 e. The zero-order valence-corrected chi connectivity index (χ0v) is 27.1. The predicted octanol–water partition coefficient (Wildman–Crippen LogP) is 10.6. The third kappa shape index (κ3) is 4.74. The molecular weight excluding hydrogens is 555 g/mol. The van der Waals surface area contributed by atoms with Crippen LogP contribution < -0.4 is 4.57 Å². The normalized spacial score (nSPS) is 11.8. The molecule has 2 heterocycles. The van der Waals surface area contributed by atoms with E-state index in [0.717, 1.165) is 16.1 Å². The van der Waals surface area contributed by atoms with E-state index < -0.39 is 0 Å². The quantitative estimate of drug-likeness (QED) is 0.176. The lowest BCUT2D eigenvalue weighted by Gasteiger charge is -2.21. The zero-order chi connectivity index (χ0) is 30.5. The molecule has 0 radical (unpaired) electrons. The summed E-state index contributed by atoms with van der Waals surface area (Å²) < 4.78 is 6.12. The Morgan fingerprint density at radius 1 is 0.682 bits per heavy atom. The Morgan fingerprint density at radius 3 is 1.91 bits per heavy atom. The van der Waals surface area contributed by atoms with E-state index in [-0.39, 0.29) is 0 Å². The second kappa shape index (κ2) is 11.2. The van der Waals surface area contributed by atoms with Gasteiger partial charge in [0.2, 0.25) is 0 Å². The molecule has 0 amide bonds. The molecule has 4 heteroatoms. The molecule has 7 aromatic rings. The maximum absolute atomic E-state index is 5.13. The largest absolute Gasteiger partial charge is 0.295 e. The highest BCUT2D eigenvalue weighted by Gasteiger charge is 2.32. The number of aromatic nitrogens is 3. The van der Waals surface area contributed by atoms with Crippen molar-refractivity contribution in [2.45, 2.75) is 46.5 Å². The van der Waals surface area contributed by atoms with E-state index in [1.54, 1.807) is 11.3 Å². The Hall–Kier alpha value is -4.54. The van der Waals surface area contributed by atoms with Crippen molar-refractivity contribution in [3.05, 3.63) is 126 Å². The summed E-state index contributed by atoms with van der Waals surface area (Å²) in [5.74, 6) is 1.85. The number of fused-ring (bicyclic) bond motifs is 2. The van der Waals surface area contributed by atoms with Crippen LogP contribution in [-0.2, 0) is 7.05 Å². The van der Waals surface area contributed by atoms with E-state index in [4.69, 9.17) is 4.98 Å². The van der Waals surface area contributed by atoms with E-state index in [1.165, 1.54) is 60.6 Å². The van der Waals surface area contributed by atoms with Crippen LogP contribution in [0.4, 0.5) is 0 Å². The molecule has 0 aliphatic rings. The average molecular weight is 593 g/mol. The van der Waals surface area contributed by atoms with Gasteiger partial charge in [0, 0.05) is 16.7 Å². The van der Waals surface area contributed by atoms with Crippen molar-refractivity contribution in [1.82, 2.24) is 9.55 Å². The number of hydrogen-bond acceptors (Lipinski definition) is 2. The summed E-state index contributed by atoms with van der Waals surface area (Å²) in [5.41, 5.74) is 13.6. The van der Waals surface area contributed by atoms with Gasteiger partial charge in [-0.15, -0.1) is 11.3 Å². The second-order valence-electron chi connectivity index (χ2n) is 12.4. The molecule has 0 N–H and O–H groups in total. The fraction of sp³-hybridized carbons (Fsp3) is 0.200. The molecule has 7 rings (SSSR count). The molecule has 0 atom stereocenters. The van der Waals surface area contributed by atoms with Crippen molar-refractivity contribution in [3.63, 3.8) is 0 Å². The molecule has 3 nitrogen and oxygen atoms in total. The first-order valence-corrected chi connectivity index (χ1v) is 16.3. The molecule has 0 aliphatic heterocycles. The molecule has 0 saturated heterocycles. The van der Waals surface area contributed by atoms with Crippen molar-refractivity contribution in [2.24, 2.45) is 7.05 Å². The van der Waals surface area contributed by atoms with Crippen LogP contribution in [0.15, 0.2) is 109 Å². The summed E-state index contributed by atoms with van der Waals surface area (Å²) in [6.07, 6.45) is 0. The van der Waals surface area contributed by atoms with Gasteiger partial charge in [0.15, 0.2) is 11.0 Å². The minimum Gasteiger partial charge on any atom is -0.236 e. The molecule has 0 fully saturated rings. The average Bonchev–Trinajstić information content (AvgIpc) is 3.58. The van der Waals surface area contributed by atoms with Gasteiger partial charge < -0.3 is 0 Å². The van der Waals surface area contributed by atoms with Gasteiger partial charge in [-0.2, -0.15) is 4.57 Å². The summed E-state index contributed by atoms with van der Waals surface area (Å²) in [4.78, 5) is 5.13. The van der Waals surface area contributed by atoms with Crippen LogP contribution in [0.3, 0.4) is 0 Å². The molecular formula is C40H38N3S+. The highest BCUT2D eigenvalue weighted by Crippen LogP contribution is 2.41. The lowest BCUT2D eigenvalue weighted by Crippen LogP contribution is -2.30. The van der Waals surface area contributed by atoms with E-state index in [1.807, 2.05) is 0 Å². The molecule has 44 heavy (non-hydrogen) atoms. The Labute approximate surface area is 264 Å². The van der Waals surface area contributed by atoms with E-state index >= 15 is 0 Å². The first kappa shape index (κ1) is 28.2. The fourth-order valence-electron chi connectivity index (χ4n) is 6.48. The number of thiazole rings is 1. The predicted molar refractivity (Wildman–Crippen MR) is 187 cm³/mol. The van der Waals surface area contributed by atoms with Gasteiger partial charge in [-0.1, -0.05) is 100 Å². The third-order valence-electron chi connectivity index (χ3n) is 8.75. The summed E-state index contributed by atoms with van der Waals surface area (Å²) in [6, 6.07) is 39.6. The van der Waals surface area contributed by atoms with Crippen molar-refractivity contribution in [2.75, 3.05) is 0 Å². The maximum atomic E-state index is 5.13. The zero-order valence-electron chi connectivity index (χ0n) is 26.3. The van der Waals surface area contributed by atoms with Gasteiger partial charge in [-0.3, -0.25) is 0 Å². The SMILES string of the molecule is Cc1cc2sc(-c3ccccc3)nc2cc1-c1n(-c2c(C(C)C)cc(-c3ccccc3)cc2C(C)C)c2ccccc2[n+]1C. The van der Waals surface area contributed by atoms with E-state index in [9.17, 15) is 0 Å². The standard InChI is InChI=1S/C40H38N3S/c1-25(2)31-22-30(28-15-9-7-10-16-28)23-32(26(3)4)38(31)43-36-20-14-13-19-35(36)42(6)40(43)33-24-34-37(21-27(33)5)44-39(41-34)29-17-11-8-12-18-29/h7-26H,1-6H3/q+1. The molecule has 0 bridgehead atoms. The van der Waals surface area contributed by atoms with Crippen LogP contribution in [0.5, 0.6) is 0 Å². The van der Waals surface area contributed by atoms with Gasteiger partial charge in [0.05, 0.1) is 22.8 Å². The highest BCUT2D eigenvalue weighted by molar-refractivity contribution is 7.21. The van der Waals surface area contributed by atoms with Crippen molar-refractivity contribution < 1.29 is 4.57 Å². The van der Waals surface area contributed by atoms with Crippen LogP contribution in [0.2, 0.25) is 0 Å². The van der Waals surface area contributed by atoms with E-state index in [0.29, 0.717) is 11.8 Å². The summed E-state index contributed by atoms with van der Waals surface area (Å²) in [6.45, 7) is 11.5. The Bertz CT molecular complexity index is 2100. The van der Waals surface area contributed by atoms with Gasteiger partial charge in [0.1, 0.15) is 10.7 Å². The lowest BCUT2D eigenvalue weighted by atomic mass is 9.88. The minimum absolute atomic E-state index is 0.334. The van der Waals surface area contributed by atoms with Crippen LogP contribution in [0.25, 0.3) is 60.0 Å². The summed E-state index contributed by atoms with van der Waals surface area (Å²) >= 11 is 1.77. The number of para-hydroxylation sites is 2. The van der Waals surface area contributed by atoms with Gasteiger partial charge >= 0.3 is 0 Å². The van der Waals surface area contributed by atoms with Gasteiger partial charge in [-0.05, 0) is 71.8 Å². The Balaban J connectivity index is 1.54. The summed E-state index contributed by atoms with van der Waals surface area (Å²) in [7, 11) is 2.21. The number of imidazole rings is 1. The van der Waals surface area contributed by atoms with E-state index in [2.05, 4.69) is 160 Å². The topological polar surface area (TPSA) is 21.7 Å². The van der Waals surface area contributed by atoms with Crippen molar-refractivity contribution in [1.29, 1.82) is 0 Å². The molecule has 0 unspecified atom stereocenters. The molecule has 2 aromatic heterocycles. The second-order valence-corrected chi connectivity index (χ2v) is 13.4. The maximum Gasteiger partial charge on any atom is 0.295 e.